The first kappa shape index (κ1) is 17.0. The minimum Gasteiger partial charge on any atom is -0.382 e. The molecule has 1 atom stereocenters. The van der Waals surface area contributed by atoms with Crippen LogP contribution in [0, 0.1) is 17.5 Å². The van der Waals surface area contributed by atoms with Gasteiger partial charge in [0.25, 0.3) is 0 Å². The molecule has 1 aromatic carbocycles. The molecule has 2 N–H and O–H groups in total. The Kier molecular flexibility index (Phi) is 3.81. The number of nitrogen functional groups attached to an aromatic ring is 1. The maximum atomic E-state index is 14.0. The Labute approximate surface area is 136 Å². The van der Waals surface area contributed by atoms with Crippen LogP contribution in [0.1, 0.15) is 24.4 Å². The molecule has 0 spiro atoms. The molecule has 2 aromatic heterocycles. The highest BCUT2D eigenvalue weighted by atomic mass is 19.4. The lowest BCUT2D eigenvalue weighted by atomic mass is 10.1. The summed E-state index contributed by atoms with van der Waals surface area (Å²) in [5, 5.41) is 0. The van der Waals surface area contributed by atoms with Crippen molar-refractivity contribution in [3.63, 3.8) is 0 Å². The molecule has 0 aliphatic heterocycles. The molecule has 2 heterocycles. The van der Waals surface area contributed by atoms with E-state index >= 15 is 0 Å². The summed E-state index contributed by atoms with van der Waals surface area (Å²) in [5.41, 5.74) is 4.75. The summed E-state index contributed by atoms with van der Waals surface area (Å²) in [4.78, 5) is 10.3. The third-order valence-corrected chi connectivity index (χ3v) is 3.63. The van der Waals surface area contributed by atoms with Gasteiger partial charge in [-0.3, -0.25) is 0 Å². The van der Waals surface area contributed by atoms with Gasteiger partial charge in [-0.1, -0.05) is 6.07 Å². The third-order valence-electron chi connectivity index (χ3n) is 3.63. The molecule has 1 unspecified atom stereocenters. The lowest BCUT2D eigenvalue weighted by molar-refractivity contribution is -0.144. The van der Waals surface area contributed by atoms with Gasteiger partial charge in [0.2, 0.25) is 5.82 Å². The van der Waals surface area contributed by atoms with E-state index in [2.05, 4.69) is 15.0 Å². The van der Waals surface area contributed by atoms with Crippen LogP contribution >= 0.6 is 0 Å². The highest BCUT2D eigenvalue weighted by Gasteiger charge is 2.36. The van der Waals surface area contributed by atoms with Gasteiger partial charge in [-0.05, 0) is 13.0 Å². The first-order valence-electron chi connectivity index (χ1n) is 6.82. The third kappa shape index (κ3) is 2.75. The number of nitrogens with zero attached hydrogens (tertiary/aromatic N) is 4. The van der Waals surface area contributed by atoms with E-state index in [1.807, 2.05) is 0 Å². The summed E-state index contributed by atoms with van der Waals surface area (Å²) >= 11 is 0. The molecule has 5 nitrogen and oxygen atoms in total. The van der Waals surface area contributed by atoms with E-state index in [0.29, 0.717) is 6.07 Å². The minimum atomic E-state index is -4.85. The fourth-order valence-corrected chi connectivity index (χ4v) is 2.36. The first-order valence-corrected chi connectivity index (χ1v) is 6.82. The Morgan fingerprint density at radius 3 is 2.40 bits per heavy atom. The van der Waals surface area contributed by atoms with E-state index in [4.69, 9.17) is 5.73 Å². The quantitative estimate of drug-likeness (QED) is 0.561. The molecule has 0 saturated heterocycles. The van der Waals surface area contributed by atoms with Crippen molar-refractivity contribution < 1.29 is 26.3 Å². The summed E-state index contributed by atoms with van der Waals surface area (Å²) in [7, 11) is 0. The molecule has 0 fully saturated rings. The smallest absolute Gasteiger partial charge is 0.382 e. The summed E-state index contributed by atoms with van der Waals surface area (Å²) in [6.45, 7) is 1.36. The zero-order valence-corrected chi connectivity index (χ0v) is 12.4. The number of hydrogen-bond donors (Lipinski definition) is 1. The number of halogens is 6. The van der Waals surface area contributed by atoms with E-state index in [1.54, 1.807) is 0 Å². The summed E-state index contributed by atoms with van der Waals surface area (Å²) in [6, 6.07) is 0.670. The van der Waals surface area contributed by atoms with Gasteiger partial charge >= 0.3 is 6.18 Å². The zero-order valence-electron chi connectivity index (χ0n) is 12.4. The predicted octanol–water partition coefficient (Wildman–Crippen LogP) is 3.45. The standard InChI is InChI=1S/C14H9F6N5/c1-5(6-2-3-7(15)9(17)8(6)16)25-4-22-10-11(21)23-13(14(18,19)20)24-12(10)25/h2-5H,1H3,(H2,21,23,24). The van der Waals surface area contributed by atoms with Crippen molar-refractivity contribution in [1.29, 1.82) is 0 Å². The summed E-state index contributed by atoms with van der Waals surface area (Å²) in [6.07, 6.45) is -3.78. The fourth-order valence-electron chi connectivity index (χ4n) is 2.36. The average molecular weight is 361 g/mol. The molecule has 0 aliphatic carbocycles. The van der Waals surface area contributed by atoms with Crippen LogP contribution < -0.4 is 5.73 Å². The number of nitrogens with two attached hydrogens (primary N) is 1. The molecule has 3 aromatic rings. The second-order valence-electron chi connectivity index (χ2n) is 5.19. The van der Waals surface area contributed by atoms with Crippen LogP contribution in [0.15, 0.2) is 18.5 Å². The van der Waals surface area contributed by atoms with Crippen LogP contribution in [0.5, 0.6) is 0 Å². The molecule has 132 valence electrons. The Bertz CT molecular complexity index is 964. The van der Waals surface area contributed by atoms with E-state index in [9.17, 15) is 26.3 Å². The van der Waals surface area contributed by atoms with Crippen LogP contribution in [0.4, 0.5) is 32.2 Å². The van der Waals surface area contributed by atoms with Gasteiger partial charge in [0, 0.05) is 5.56 Å². The van der Waals surface area contributed by atoms with Crippen molar-refractivity contribution in [3.8, 4) is 0 Å². The SMILES string of the molecule is CC(c1ccc(F)c(F)c1F)n1cnc2c(N)nc(C(F)(F)F)nc21. The normalized spacial score (nSPS) is 13.4. The van der Waals surface area contributed by atoms with Gasteiger partial charge in [-0.2, -0.15) is 13.2 Å². The van der Waals surface area contributed by atoms with Crippen molar-refractivity contribution in [2.24, 2.45) is 0 Å². The van der Waals surface area contributed by atoms with Gasteiger partial charge in [-0.15, -0.1) is 0 Å². The molecule has 11 heteroatoms. The Balaban J connectivity index is 2.19. The van der Waals surface area contributed by atoms with Crippen LogP contribution in [0.3, 0.4) is 0 Å². The van der Waals surface area contributed by atoms with Crippen LogP contribution in [-0.4, -0.2) is 19.5 Å². The van der Waals surface area contributed by atoms with Gasteiger partial charge in [0.1, 0.15) is 5.52 Å². The largest absolute Gasteiger partial charge is 0.451 e. The van der Waals surface area contributed by atoms with Crippen LogP contribution in [-0.2, 0) is 6.18 Å². The van der Waals surface area contributed by atoms with Gasteiger partial charge < -0.3 is 10.3 Å². The zero-order chi connectivity index (χ0) is 18.5. The van der Waals surface area contributed by atoms with E-state index < -0.39 is 41.3 Å². The molecule has 0 bridgehead atoms. The molecular formula is C14H9F6N5. The molecule has 0 radical (unpaired) electrons. The maximum absolute atomic E-state index is 14.0. The van der Waals surface area contributed by atoms with Gasteiger partial charge in [0.15, 0.2) is 28.9 Å². The van der Waals surface area contributed by atoms with Crippen molar-refractivity contribution in [2.45, 2.75) is 19.1 Å². The lowest BCUT2D eigenvalue weighted by Crippen LogP contribution is -2.15. The van der Waals surface area contributed by atoms with E-state index in [1.165, 1.54) is 6.92 Å². The highest BCUT2D eigenvalue weighted by molar-refractivity contribution is 5.81. The molecule has 3 rings (SSSR count). The highest BCUT2D eigenvalue weighted by Crippen LogP contribution is 2.31. The maximum Gasteiger partial charge on any atom is 0.451 e. The topological polar surface area (TPSA) is 69.6 Å². The second-order valence-corrected chi connectivity index (χ2v) is 5.19. The number of hydrogen-bond acceptors (Lipinski definition) is 4. The number of anilines is 1. The minimum absolute atomic E-state index is 0.122. The fraction of sp³-hybridized carbons (Fsp3) is 0.214. The molecule has 0 amide bonds. The van der Waals surface area contributed by atoms with Gasteiger partial charge in [0.05, 0.1) is 12.4 Å². The summed E-state index contributed by atoms with van der Waals surface area (Å²) in [5.74, 6) is -6.51. The number of rotatable bonds is 2. The Morgan fingerprint density at radius 2 is 1.76 bits per heavy atom. The van der Waals surface area contributed by atoms with Crippen molar-refractivity contribution >= 4 is 17.0 Å². The van der Waals surface area contributed by atoms with E-state index in [-0.39, 0.29) is 16.7 Å². The van der Waals surface area contributed by atoms with Gasteiger partial charge in [-0.25, -0.2) is 28.1 Å². The lowest BCUT2D eigenvalue weighted by Gasteiger charge is -2.16. The number of aromatic nitrogens is 4. The molecule has 25 heavy (non-hydrogen) atoms. The van der Waals surface area contributed by atoms with Crippen molar-refractivity contribution in [1.82, 2.24) is 19.5 Å². The average Bonchev–Trinajstić information content (AvgIpc) is 2.96. The summed E-state index contributed by atoms with van der Waals surface area (Å²) < 4.78 is 80.1. The number of alkyl halides is 3. The molecular weight excluding hydrogens is 352 g/mol. The monoisotopic (exact) mass is 361 g/mol. The number of fused-ring (bicyclic) bond motifs is 1. The number of benzene rings is 1. The van der Waals surface area contributed by atoms with Crippen molar-refractivity contribution in [3.05, 3.63) is 47.3 Å². The Hall–Kier alpha value is -2.85. The van der Waals surface area contributed by atoms with Crippen LogP contribution in [0.2, 0.25) is 0 Å². The van der Waals surface area contributed by atoms with E-state index in [0.717, 1.165) is 17.0 Å². The predicted molar refractivity (Wildman–Crippen MR) is 74.9 cm³/mol. The first-order chi connectivity index (χ1) is 11.6. The second kappa shape index (κ2) is 5.60. The molecule has 0 saturated carbocycles. The van der Waals surface area contributed by atoms with Crippen LogP contribution in [0.25, 0.3) is 11.2 Å². The number of imidazole rings is 1. The molecule has 0 aliphatic rings. The van der Waals surface area contributed by atoms with Crippen molar-refractivity contribution in [2.75, 3.05) is 5.73 Å². The Morgan fingerprint density at radius 1 is 1.08 bits per heavy atom.